The molecule has 0 aliphatic heterocycles. The molecule has 0 aliphatic carbocycles. The second-order valence-electron chi connectivity index (χ2n) is 7.52. The van der Waals surface area contributed by atoms with Crippen molar-refractivity contribution in [3.63, 3.8) is 0 Å². The molecular formula is C21H36O9. The first-order valence-electron chi connectivity index (χ1n) is 10.4. The van der Waals surface area contributed by atoms with Crippen molar-refractivity contribution < 1.29 is 43.6 Å². The number of hydrogen-bond donors (Lipinski definition) is 2. The van der Waals surface area contributed by atoms with Gasteiger partial charge in [0.2, 0.25) is 0 Å². The first kappa shape index (κ1) is 28.0. The average Bonchev–Trinajstić information content (AvgIpc) is 2.76. The number of hydrogen-bond acceptors (Lipinski definition) is 9. The molecule has 0 spiro atoms. The minimum Gasteiger partial charge on any atom is -0.455 e. The fourth-order valence-corrected chi connectivity index (χ4v) is 2.21. The van der Waals surface area contributed by atoms with Gasteiger partial charge >= 0.3 is 17.9 Å². The van der Waals surface area contributed by atoms with Crippen LogP contribution in [0.25, 0.3) is 0 Å². The molecule has 0 aliphatic rings. The van der Waals surface area contributed by atoms with Gasteiger partial charge in [0.1, 0.15) is 6.10 Å². The van der Waals surface area contributed by atoms with E-state index >= 15 is 0 Å². The van der Waals surface area contributed by atoms with Crippen LogP contribution in [0.2, 0.25) is 0 Å². The van der Waals surface area contributed by atoms with Crippen LogP contribution < -0.4 is 0 Å². The van der Waals surface area contributed by atoms with Crippen molar-refractivity contribution in [1.29, 1.82) is 0 Å². The van der Waals surface area contributed by atoms with Gasteiger partial charge in [0, 0.05) is 0 Å². The van der Waals surface area contributed by atoms with E-state index in [1.165, 1.54) is 0 Å². The summed E-state index contributed by atoms with van der Waals surface area (Å²) in [5.74, 6) is -3.75. The van der Waals surface area contributed by atoms with E-state index in [4.69, 9.17) is 14.2 Å². The molecule has 0 bridgehead atoms. The van der Waals surface area contributed by atoms with Crippen LogP contribution in [-0.2, 0) is 33.4 Å². The van der Waals surface area contributed by atoms with Crippen molar-refractivity contribution in [3.8, 4) is 0 Å². The third-order valence-corrected chi connectivity index (χ3v) is 5.15. The van der Waals surface area contributed by atoms with Gasteiger partial charge < -0.3 is 24.4 Å². The SMILES string of the molecule is CCC(C)C(=O)O[C@@H]([C@H](OC(=O)C(C)CC)[C@H](C=O)OC(=O)C(C)CC)[C@H](O)CO. The molecule has 0 fully saturated rings. The van der Waals surface area contributed by atoms with Crippen LogP contribution in [0, 0.1) is 17.8 Å². The zero-order valence-electron chi connectivity index (χ0n) is 18.7. The summed E-state index contributed by atoms with van der Waals surface area (Å²) in [7, 11) is 0. The summed E-state index contributed by atoms with van der Waals surface area (Å²) < 4.78 is 15.9. The third kappa shape index (κ3) is 8.39. The lowest BCUT2D eigenvalue weighted by molar-refractivity contribution is -0.200. The van der Waals surface area contributed by atoms with Crippen LogP contribution in [0.1, 0.15) is 60.8 Å². The van der Waals surface area contributed by atoms with Crippen molar-refractivity contribution in [2.75, 3.05) is 6.61 Å². The number of aldehydes is 1. The fraction of sp³-hybridized carbons (Fsp3) is 0.810. The Morgan fingerprint density at radius 3 is 1.47 bits per heavy atom. The number of carbonyl (C=O) groups excluding carboxylic acids is 4. The lowest BCUT2D eigenvalue weighted by Crippen LogP contribution is -2.53. The Morgan fingerprint density at radius 2 is 1.13 bits per heavy atom. The Morgan fingerprint density at radius 1 is 0.767 bits per heavy atom. The standard InChI is InChI=1S/C21H36O9/c1-7-12(4)19(25)28-16(11-23)18(30-21(27)14(6)9-3)17(15(24)10-22)29-20(26)13(5)8-2/h11-18,22,24H,7-10H2,1-6H3/t12?,13?,14?,15-,16+,17-,18-/m1/s1. The topological polar surface area (TPSA) is 136 Å². The molecule has 0 rings (SSSR count). The average molecular weight is 433 g/mol. The van der Waals surface area contributed by atoms with Gasteiger partial charge in [-0.15, -0.1) is 0 Å². The van der Waals surface area contributed by atoms with Gasteiger partial charge in [-0.05, 0) is 19.3 Å². The molecule has 174 valence electrons. The quantitative estimate of drug-likeness (QED) is 0.237. The summed E-state index contributed by atoms with van der Waals surface area (Å²) in [4.78, 5) is 48.7. The summed E-state index contributed by atoms with van der Waals surface area (Å²) in [6.07, 6.45) is -4.94. The predicted octanol–water partition coefficient (Wildman–Crippen LogP) is 1.41. The van der Waals surface area contributed by atoms with E-state index in [2.05, 4.69) is 0 Å². The zero-order chi connectivity index (χ0) is 23.4. The highest BCUT2D eigenvalue weighted by Gasteiger charge is 2.43. The number of carbonyl (C=O) groups is 4. The van der Waals surface area contributed by atoms with E-state index in [1.807, 2.05) is 0 Å². The van der Waals surface area contributed by atoms with Crippen molar-refractivity contribution in [1.82, 2.24) is 0 Å². The normalized spacial score (nSPS) is 18.1. The molecule has 0 aromatic heterocycles. The lowest BCUT2D eigenvalue weighted by atomic mass is 10.0. The fourth-order valence-electron chi connectivity index (χ4n) is 2.21. The maximum absolute atomic E-state index is 12.4. The molecule has 0 saturated heterocycles. The number of aliphatic hydroxyl groups is 2. The van der Waals surface area contributed by atoms with Gasteiger partial charge in [-0.2, -0.15) is 0 Å². The van der Waals surface area contributed by atoms with Crippen LogP contribution in [0.3, 0.4) is 0 Å². The molecule has 7 atom stereocenters. The second-order valence-corrected chi connectivity index (χ2v) is 7.52. The Labute approximate surface area is 178 Å². The Hall–Kier alpha value is -2.00. The molecule has 3 unspecified atom stereocenters. The molecule has 0 saturated carbocycles. The largest absolute Gasteiger partial charge is 0.455 e. The monoisotopic (exact) mass is 432 g/mol. The van der Waals surface area contributed by atoms with E-state index in [1.54, 1.807) is 41.5 Å². The minimum absolute atomic E-state index is 0.253. The van der Waals surface area contributed by atoms with Crippen LogP contribution in [0.15, 0.2) is 0 Å². The number of ether oxygens (including phenoxy) is 3. The van der Waals surface area contributed by atoms with Crippen molar-refractivity contribution in [3.05, 3.63) is 0 Å². The summed E-state index contributed by atoms with van der Waals surface area (Å²) in [5, 5.41) is 19.7. The third-order valence-electron chi connectivity index (χ3n) is 5.15. The maximum atomic E-state index is 12.4. The smallest absolute Gasteiger partial charge is 0.309 e. The lowest BCUT2D eigenvalue weighted by Gasteiger charge is -2.33. The van der Waals surface area contributed by atoms with Crippen LogP contribution >= 0.6 is 0 Å². The first-order valence-corrected chi connectivity index (χ1v) is 10.4. The molecule has 9 nitrogen and oxygen atoms in total. The molecule has 0 aromatic rings. The predicted molar refractivity (Wildman–Crippen MR) is 107 cm³/mol. The van der Waals surface area contributed by atoms with Crippen LogP contribution in [0.4, 0.5) is 0 Å². The van der Waals surface area contributed by atoms with Gasteiger partial charge in [0.15, 0.2) is 24.6 Å². The van der Waals surface area contributed by atoms with Crippen molar-refractivity contribution in [2.45, 2.75) is 85.2 Å². The highest BCUT2D eigenvalue weighted by molar-refractivity contribution is 5.76. The van der Waals surface area contributed by atoms with Gasteiger partial charge in [-0.3, -0.25) is 19.2 Å². The van der Waals surface area contributed by atoms with E-state index in [0.29, 0.717) is 19.3 Å². The molecule has 0 aromatic carbocycles. The van der Waals surface area contributed by atoms with Crippen LogP contribution in [0.5, 0.6) is 0 Å². The molecule has 9 heteroatoms. The van der Waals surface area contributed by atoms with Crippen molar-refractivity contribution >= 4 is 24.2 Å². The first-order chi connectivity index (χ1) is 14.1. The zero-order valence-corrected chi connectivity index (χ0v) is 18.7. The van der Waals surface area contributed by atoms with Crippen molar-refractivity contribution in [2.24, 2.45) is 17.8 Å². The molecule has 0 heterocycles. The molecule has 30 heavy (non-hydrogen) atoms. The Balaban J connectivity index is 6.01. The van der Waals surface area contributed by atoms with E-state index < -0.39 is 66.7 Å². The Bertz CT molecular complexity index is 563. The number of esters is 3. The van der Waals surface area contributed by atoms with E-state index in [9.17, 15) is 29.4 Å². The number of aliphatic hydroxyl groups excluding tert-OH is 2. The van der Waals surface area contributed by atoms with Gasteiger partial charge in [0.25, 0.3) is 0 Å². The highest BCUT2D eigenvalue weighted by atomic mass is 16.6. The Kier molecular flexibility index (Phi) is 13.1. The van der Waals surface area contributed by atoms with E-state index in [0.717, 1.165) is 0 Å². The minimum atomic E-state index is -1.67. The summed E-state index contributed by atoms with van der Waals surface area (Å²) >= 11 is 0. The van der Waals surface area contributed by atoms with Gasteiger partial charge in [-0.1, -0.05) is 41.5 Å². The molecular weight excluding hydrogens is 396 g/mol. The highest BCUT2D eigenvalue weighted by Crippen LogP contribution is 2.21. The maximum Gasteiger partial charge on any atom is 0.309 e. The van der Waals surface area contributed by atoms with Gasteiger partial charge in [-0.25, -0.2) is 0 Å². The second kappa shape index (κ2) is 14.1. The molecule has 0 radical (unpaired) electrons. The van der Waals surface area contributed by atoms with E-state index in [-0.39, 0.29) is 6.29 Å². The summed E-state index contributed by atoms with van der Waals surface area (Å²) in [6.45, 7) is 9.24. The summed E-state index contributed by atoms with van der Waals surface area (Å²) in [5.41, 5.74) is 0. The molecule has 0 amide bonds. The van der Waals surface area contributed by atoms with Gasteiger partial charge in [0.05, 0.1) is 24.4 Å². The summed E-state index contributed by atoms with van der Waals surface area (Å²) in [6, 6.07) is 0. The van der Waals surface area contributed by atoms with Crippen LogP contribution in [-0.4, -0.2) is 65.4 Å². The number of rotatable bonds is 14. The molecule has 2 N–H and O–H groups in total.